The van der Waals surface area contributed by atoms with E-state index in [-0.39, 0.29) is 0 Å². The number of carbonyl (C=O) groups is 1. The van der Waals surface area contributed by atoms with Gasteiger partial charge in [-0.15, -0.1) is 11.8 Å². The summed E-state index contributed by atoms with van der Waals surface area (Å²) >= 11 is 0. The molecule has 0 aromatic heterocycles. The second-order valence-corrected chi connectivity index (χ2v) is 3.85. The van der Waals surface area contributed by atoms with Gasteiger partial charge >= 0.3 is 0 Å². The Kier molecular flexibility index (Phi) is 8.02. The molecule has 1 atom stereocenters. The Bertz CT molecular complexity index is 200. The molecule has 0 radical (unpaired) electrons. The summed E-state index contributed by atoms with van der Waals surface area (Å²) in [6, 6.07) is 0. The molecule has 0 saturated heterocycles. The van der Waals surface area contributed by atoms with E-state index in [2.05, 4.69) is 31.0 Å². The average Bonchev–Trinajstić information content (AvgIpc) is 2.16. The third-order valence-electron chi connectivity index (χ3n) is 2.46. The Morgan fingerprint density at radius 1 is 1.43 bits per heavy atom. The highest BCUT2D eigenvalue weighted by Crippen LogP contribution is 2.19. The molecule has 0 aliphatic rings. The molecule has 14 heavy (non-hydrogen) atoms. The Hall–Kier alpha value is -0.970. The third-order valence-corrected chi connectivity index (χ3v) is 2.46. The Morgan fingerprint density at radius 3 is 2.64 bits per heavy atom. The van der Waals surface area contributed by atoms with Crippen LogP contribution >= 0.6 is 0 Å². The monoisotopic (exact) mass is 195 g/mol. The molecule has 1 amide bonds. The molecule has 0 aromatic carbocycles. The van der Waals surface area contributed by atoms with E-state index >= 15 is 0 Å². The topological polar surface area (TPSA) is 29.1 Å². The summed E-state index contributed by atoms with van der Waals surface area (Å²) in [5.41, 5.74) is 0. The van der Waals surface area contributed by atoms with Gasteiger partial charge < -0.3 is 5.32 Å². The minimum Gasteiger partial charge on any atom is -0.359 e. The van der Waals surface area contributed by atoms with Gasteiger partial charge in [0.05, 0.1) is 0 Å². The van der Waals surface area contributed by atoms with Crippen LogP contribution in [-0.4, -0.2) is 13.0 Å². The zero-order valence-corrected chi connectivity index (χ0v) is 9.47. The summed E-state index contributed by atoms with van der Waals surface area (Å²) in [5, 5.41) is 2.68. The van der Waals surface area contributed by atoms with Crippen LogP contribution in [-0.2, 0) is 4.79 Å². The highest BCUT2D eigenvalue weighted by atomic mass is 16.1. The first-order chi connectivity index (χ1) is 6.72. The SMILES string of the molecule is CC#CCC(CCCNC=O)C(C)C. The molecule has 80 valence electrons. The first kappa shape index (κ1) is 13.0. The number of nitrogens with one attached hydrogen (secondary N) is 1. The van der Waals surface area contributed by atoms with Gasteiger partial charge in [0.25, 0.3) is 0 Å². The molecule has 1 unspecified atom stereocenters. The van der Waals surface area contributed by atoms with E-state index < -0.39 is 0 Å². The highest BCUT2D eigenvalue weighted by molar-refractivity contribution is 5.45. The van der Waals surface area contributed by atoms with Crippen molar-refractivity contribution in [3.05, 3.63) is 0 Å². The van der Waals surface area contributed by atoms with E-state index in [0.29, 0.717) is 11.8 Å². The largest absolute Gasteiger partial charge is 0.359 e. The Labute approximate surface area is 87.5 Å². The molecule has 2 nitrogen and oxygen atoms in total. The van der Waals surface area contributed by atoms with Crippen LogP contribution in [0.3, 0.4) is 0 Å². The summed E-state index contributed by atoms with van der Waals surface area (Å²) in [6.07, 6.45) is 3.94. The molecule has 0 saturated carbocycles. The smallest absolute Gasteiger partial charge is 0.207 e. The fourth-order valence-electron chi connectivity index (χ4n) is 1.43. The number of rotatable bonds is 7. The van der Waals surface area contributed by atoms with Gasteiger partial charge in [0.1, 0.15) is 0 Å². The lowest BCUT2D eigenvalue weighted by molar-refractivity contribution is -0.109. The molecule has 0 spiro atoms. The van der Waals surface area contributed by atoms with Crippen molar-refractivity contribution in [2.45, 2.75) is 40.0 Å². The fourth-order valence-corrected chi connectivity index (χ4v) is 1.43. The molecular weight excluding hydrogens is 174 g/mol. The second-order valence-electron chi connectivity index (χ2n) is 3.85. The van der Waals surface area contributed by atoms with Crippen LogP contribution in [0, 0.1) is 23.7 Å². The van der Waals surface area contributed by atoms with Crippen LogP contribution in [0.2, 0.25) is 0 Å². The van der Waals surface area contributed by atoms with Crippen molar-refractivity contribution < 1.29 is 4.79 Å². The molecule has 0 aliphatic carbocycles. The fraction of sp³-hybridized carbons (Fsp3) is 0.750. The predicted molar refractivity (Wildman–Crippen MR) is 59.7 cm³/mol. The quantitative estimate of drug-likeness (QED) is 0.376. The minimum atomic E-state index is 0.663. The lowest BCUT2D eigenvalue weighted by atomic mass is 9.88. The van der Waals surface area contributed by atoms with Gasteiger partial charge in [-0.25, -0.2) is 0 Å². The van der Waals surface area contributed by atoms with Crippen molar-refractivity contribution >= 4 is 6.41 Å². The number of amides is 1. The van der Waals surface area contributed by atoms with E-state index in [9.17, 15) is 4.79 Å². The van der Waals surface area contributed by atoms with Crippen molar-refractivity contribution in [1.29, 1.82) is 0 Å². The van der Waals surface area contributed by atoms with Crippen LogP contribution in [0.4, 0.5) is 0 Å². The molecule has 0 aromatic rings. The van der Waals surface area contributed by atoms with Crippen LogP contribution in [0.5, 0.6) is 0 Å². The maximum absolute atomic E-state index is 10.0. The van der Waals surface area contributed by atoms with Gasteiger partial charge in [-0.05, 0) is 31.6 Å². The van der Waals surface area contributed by atoms with Gasteiger partial charge in [0, 0.05) is 13.0 Å². The molecule has 2 heteroatoms. The molecule has 0 heterocycles. The van der Waals surface area contributed by atoms with Crippen molar-refractivity contribution in [2.75, 3.05) is 6.54 Å². The first-order valence-electron chi connectivity index (χ1n) is 5.29. The van der Waals surface area contributed by atoms with Crippen LogP contribution < -0.4 is 5.32 Å². The van der Waals surface area contributed by atoms with Crippen molar-refractivity contribution in [3.63, 3.8) is 0 Å². The molecule has 1 N–H and O–H groups in total. The van der Waals surface area contributed by atoms with E-state index in [1.54, 1.807) is 0 Å². The zero-order chi connectivity index (χ0) is 10.8. The molecule has 0 rings (SSSR count). The number of hydrogen-bond donors (Lipinski definition) is 1. The lowest BCUT2D eigenvalue weighted by Gasteiger charge is -2.17. The van der Waals surface area contributed by atoms with Gasteiger partial charge in [-0.2, -0.15) is 0 Å². The van der Waals surface area contributed by atoms with Crippen LogP contribution in [0.15, 0.2) is 0 Å². The average molecular weight is 195 g/mol. The van der Waals surface area contributed by atoms with Gasteiger partial charge in [-0.1, -0.05) is 13.8 Å². The predicted octanol–water partition coefficient (Wildman–Crippen LogP) is 2.20. The van der Waals surface area contributed by atoms with E-state index in [1.807, 2.05) is 6.92 Å². The maximum Gasteiger partial charge on any atom is 0.207 e. The van der Waals surface area contributed by atoms with E-state index in [0.717, 1.165) is 32.2 Å². The Morgan fingerprint density at radius 2 is 2.14 bits per heavy atom. The normalized spacial score (nSPS) is 11.7. The first-order valence-corrected chi connectivity index (χ1v) is 5.29. The standard InChI is InChI=1S/C12H21NO/c1-4-5-7-12(11(2)3)8-6-9-13-10-14/h10-12H,6-9H2,1-3H3,(H,13,14). The molecule has 0 fully saturated rings. The van der Waals surface area contributed by atoms with Crippen molar-refractivity contribution in [2.24, 2.45) is 11.8 Å². The van der Waals surface area contributed by atoms with Gasteiger partial charge in [0.2, 0.25) is 6.41 Å². The number of hydrogen-bond acceptors (Lipinski definition) is 1. The molecular formula is C12H21NO. The minimum absolute atomic E-state index is 0.663. The Balaban J connectivity index is 3.71. The van der Waals surface area contributed by atoms with Gasteiger partial charge in [-0.3, -0.25) is 4.79 Å². The van der Waals surface area contributed by atoms with Crippen LogP contribution in [0.1, 0.15) is 40.0 Å². The van der Waals surface area contributed by atoms with Gasteiger partial charge in [0.15, 0.2) is 0 Å². The van der Waals surface area contributed by atoms with E-state index in [4.69, 9.17) is 0 Å². The second kappa shape index (κ2) is 8.62. The summed E-state index contributed by atoms with van der Waals surface area (Å²) in [7, 11) is 0. The molecule has 0 bridgehead atoms. The summed E-state index contributed by atoms with van der Waals surface area (Å²) < 4.78 is 0. The van der Waals surface area contributed by atoms with Crippen molar-refractivity contribution in [3.8, 4) is 11.8 Å². The highest BCUT2D eigenvalue weighted by Gasteiger charge is 2.11. The van der Waals surface area contributed by atoms with Crippen molar-refractivity contribution in [1.82, 2.24) is 5.32 Å². The lowest BCUT2D eigenvalue weighted by Crippen LogP contribution is -2.15. The van der Waals surface area contributed by atoms with E-state index in [1.165, 1.54) is 0 Å². The zero-order valence-electron chi connectivity index (χ0n) is 9.47. The summed E-state index contributed by atoms with van der Waals surface area (Å²) in [5.74, 6) is 7.40. The third kappa shape index (κ3) is 6.54. The maximum atomic E-state index is 10.0. The molecule has 0 aliphatic heterocycles. The summed E-state index contributed by atoms with van der Waals surface area (Å²) in [6.45, 7) is 7.13. The van der Waals surface area contributed by atoms with Crippen LogP contribution in [0.25, 0.3) is 0 Å². The summed E-state index contributed by atoms with van der Waals surface area (Å²) in [4.78, 5) is 10.0. The number of carbonyl (C=O) groups excluding carboxylic acids is 1.